The molecule has 1 heterocycles. The summed E-state index contributed by atoms with van der Waals surface area (Å²) in [6.07, 6.45) is 0. The van der Waals surface area contributed by atoms with Gasteiger partial charge in [0.05, 0.1) is 22.3 Å². The minimum Gasteiger partial charge on any atom is -0.455 e. The molecule has 3 nitrogen and oxygen atoms in total. The number of ether oxygens (including phenoxy) is 1. The Balaban J connectivity index is 2.10. The highest BCUT2D eigenvalue weighted by atomic mass is 79.9. The predicted octanol–water partition coefficient (Wildman–Crippen LogP) is 4.59. The van der Waals surface area contributed by atoms with Crippen LogP contribution in [0.4, 0.5) is 0 Å². The van der Waals surface area contributed by atoms with E-state index in [9.17, 15) is 5.11 Å². The lowest BCUT2D eigenvalue weighted by molar-refractivity contribution is 0.276. The van der Waals surface area contributed by atoms with E-state index < -0.39 is 0 Å². The van der Waals surface area contributed by atoms with Gasteiger partial charge in [-0.05, 0) is 52.7 Å². The molecule has 0 aliphatic heterocycles. The largest absolute Gasteiger partial charge is 0.455 e. The molecule has 0 bridgehead atoms. The summed E-state index contributed by atoms with van der Waals surface area (Å²) in [5, 5.41) is 10.3. The number of nitrogens with zero attached hydrogens (tertiary/aromatic N) is 1. The summed E-state index contributed by atoms with van der Waals surface area (Å²) in [7, 11) is 0. The summed E-state index contributed by atoms with van der Waals surface area (Å²) in [6.45, 7) is 1.91. The monoisotopic (exact) mass is 343 g/mol. The summed E-state index contributed by atoms with van der Waals surface area (Å²) in [4.78, 5) is 4.39. The maximum absolute atomic E-state index is 9.35. The van der Waals surface area contributed by atoms with Crippen LogP contribution in [0.1, 0.15) is 11.3 Å². The van der Waals surface area contributed by atoms with E-state index in [-0.39, 0.29) is 6.61 Å². The fourth-order valence-electron chi connectivity index (χ4n) is 2.17. The molecule has 0 unspecified atom stereocenters. The summed E-state index contributed by atoms with van der Waals surface area (Å²) in [5.74, 6) is 1.43. The molecule has 0 aliphatic carbocycles. The van der Waals surface area contributed by atoms with Crippen LogP contribution in [-0.4, -0.2) is 10.1 Å². The smallest absolute Gasteiger partial charge is 0.141 e. The number of aliphatic hydroxyl groups excluding tert-OH is 1. The number of hydrogen-bond donors (Lipinski definition) is 1. The van der Waals surface area contributed by atoms with Gasteiger partial charge in [0.15, 0.2) is 0 Å². The van der Waals surface area contributed by atoms with Crippen molar-refractivity contribution in [2.45, 2.75) is 13.5 Å². The number of aromatic nitrogens is 1. The standard InChI is InChI=1S/C17H14BrNO2/c1-11-6-7-16(14(18)8-11)21-17-9-12(10-20)19-15-5-3-2-4-13(15)17/h2-9,20H,10H2,1H3. The minimum atomic E-state index is -0.115. The summed E-state index contributed by atoms with van der Waals surface area (Å²) in [5.41, 5.74) is 2.55. The number of fused-ring (bicyclic) bond motifs is 1. The van der Waals surface area contributed by atoms with Crippen molar-refractivity contribution in [3.63, 3.8) is 0 Å². The maximum Gasteiger partial charge on any atom is 0.141 e. The minimum absolute atomic E-state index is 0.115. The Kier molecular flexibility index (Phi) is 3.90. The molecule has 2 aromatic carbocycles. The first-order chi connectivity index (χ1) is 10.2. The molecule has 0 saturated carbocycles. The van der Waals surface area contributed by atoms with Gasteiger partial charge in [-0.2, -0.15) is 0 Å². The Morgan fingerprint density at radius 1 is 1.10 bits per heavy atom. The molecular formula is C17H14BrNO2. The number of aryl methyl sites for hydroxylation is 1. The molecule has 0 fully saturated rings. The summed E-state index contributed by atoms with van der Waals surface area (Å²) >= 11 is 3.51. The zero-order valence-corrected chi connectivity index (χ0v) is 13.1. The molecule has 0 amide bonds. The van der Waals surface area contributed by atoms with Crippen LogP contribution in [0.15, 0.2) is 53.0 Å². The maximum atomic E-state index is 9.35. The van der Waals surface area contributed by atoms with Crippen LogP contribution in [-0.2, 0) is 6.61 Å². The van der Waals surface area contributed by atoms with Crippen LogP contribution in [0, 0.1) is 6.92 Å². The Morgan fingerprint density at radius 3 is 2.67 bits per heavy atom. The van der Waals surface area contributed by atoms with Gasteiger partial charge in [-0.1, -0.05) is 18.2 Å². The van der Waals surface area contributed by atoms with E-state index in [0.29, 0.717) is 11.4 Å². The Morgan fingerprint density at radius 2 is 1.90 bits per heavy atom. The quantitative estimate of drug-likeness (QED) is 0.756. The number of benzene rings is 2. The number of pyridine rings is 1. The van der Waals surface area contributed by atoms with Crippen LogP contribution >= 0.6 is 15.9 Å². The fourth-order valence-corrected chi connectivity index (χ4v) is 2.74. The second-order valence-electron chi connectivity index (χ2n) is 4.82. The van der Waals surface area contributed by atoms with Crippen molar-refractivity contribution in [2.75, 3.05) is 0 Å². The van der Waals surface area contributed by atoms with Crippen molar-refractivity contribution in [1.82, 2.24) is 4.98 Å². The van der Waals surface area contributed by atoms with Crippen molar-refractivity contribution in [1.29, 1.82) is 0 Å². The predicted molar refractivity (Wildman–Crippen MR) is 86.6 cm³/mol. The van der Waals surface area contributed by atoms with E-state index in [1.807, 2.05) is 49.4 Å². The van der Waals surface area contributed by atoms with E-state index in [4.69, 9.17) is 4.74 Å². The third kappa shape index (κ3) is 2.91. The van der Waals surface area contributed by atoms with Crippen LogP contribution < -0.4 is 4.74 Å². The van der Waals surface area contributed by atoms with Crippen molar-refractivity contribution < 1.29 is 9.84 Å². The summed E-state index contributed by atoms with van der Waals surface area (Å²) in [6, 6.07) is 15.4. The Bertz CT molecular complexity index is 802. The highest BCUT2D eigenvalue weighted by molar-refractivity contribution is 9.10. The number of hydrogen-bond acceptors (Lipinski definition) is 3. The molecule has 4 heteroatoms. The lowest BCUT2D eigenvalue weighted by atomic mass is 10.2. The van der Waals surface area contributed by atoms with E-state index >= 15 is 0 Å². The van der Waals surface area contributed by atoms with Gasteiger partial charge in [-0.3, -0.25) is 4.98 Å². The Labute approximate surface area is 131 Å². The van der Waals surface area contributed by atoms with Gasteiger partial charge in [0.2, 0.25) is 0 Å². The molecule has 1 N–H and O–H groups in total. The molecule has 0 spiro atoms. The van der Waals surface area contributed by atoms with Crippen LogP contribution in [0.5, 0.6) is 11.5 Å². The Hall–Kier alpha value is -1.91. The van der Waals surface area contributed by atoms with Gasteiger partial charge in [0.25, 0.3) is 0 Å². The van der Waals surface area contributed by atoms with E-state index in [1.165, 1.54) is 0 Å². The first kappa shape index (κ1) is 14.0. The first-order valence-corrected chi connectivity index (χ1v) is 7.40. The van der Waals surface area contributed by atoms with Crippen LogP contribution in [0.25, 0.3) is 10.9 Å². The molecule has 3 rings (SSSR count). The first-order valence-electron chi connectivity index (χ1n) is 6.61. The van der Waals surface area contributed by atoms with Crippen molar-refractivity contribution >= 4 is 26.8 Å². The third-order valence-electron chi connectivity index (χ3n) is 3.20. The fraction of sp³-hybridized carbons (Fsp3) is 0.118. The van der Waals surface area contributed by atoms with Crippen molar-refractivity contribution in [2.24, 2.45) is 0 Å². The van der Waals surface area contributed by atoms with Gasteiger partial charge in [-0.25, -0.2) is 0 Å². The average molecular weight is 344 g/mol. The molecule has 0 radical (unpaired) electrons. The molecule has 1 aromatic heterocycles. The van der Waals surface area contributed by atoms with Crippen LogP contribution in [0.3, 0.4) is 0 Å². The molecular weight excluding hydrogens is 330 g/mol. The van der Waals surface area contributed by atoms with Crippen molar-refractivity contribution in [3.05, 3.63) is 64.3 Å². The third-order valence-corrected chi connectivity index (χ3v) is 3.82. The highest BCUT2D eigenvalue weighted by Crippen LogP contribution is 2.34. The lowest BCUT2D eigenvalue weighted by Crippen LogP contribution is -1.94. The molecule has 0 aliphatic rings. The van der Waals surface area contributed by atoms with E-state index in [1.54, 1.807) is 6.07 Å². The molecule has 0 saturated heterocycles. The summed E-state index contributed by atoms with van der Waals surface area (Å²) < 4.78 is 6.92. The molecule has 0 atom stereocenters. The number of aliphatic hydroxyl groups is 1. The average Bonchev–Trinajstić information content (AvgIpc) is 2.49. The van der Waals surface area contributed by atoms with Crippen molar-refractivity contribution in [3.8, 4) is 11.5 Å². The van der Waals surface area contributed by atoms with Gasteiger partial charge >= 0.3 is 0 Å². The van der Waals surface area contributed by atoms with E-state index in [0.717, 1.165) is 26.7 Å². The molecule has 21 heavy (non-hydrogen) atoms. The SMILES string of the molecule is Cc1ccc(Oc2cc(CO)nc3ccccc23)c(Br)c1. The molecule has 3 aromatic rings. The highest BCUT2D eigenvalue weighted by Gasteiger charge is 2.09. The number of halogens is 1. The lowest BCUT2D eigenvalue weighted by Gasteiger charge is -2.12. The van der Waals surface area contributed by atoms with Gasteiger partial charge in [0, 0.05) is 11.5 Å². The van der Waals surface area contributed by atoms with Crippen LogP contribution in [0.2, 0.25) is 0 Å². The van der Waals surface area contributed by atoms with E-state index in [2.05, 4.69) is 20.9 Å². The zero-order chi connectivity index (χ0) is 14.8. The van der Waals surface area contributed by atoms with Gasteiger partial charge < -0.3 is 9.84 Å². The second-order valence-corrected chi connectivity index (χ2v) is 5.68. The zero-order valence-electron chi connectivity index (χ0n) is 11.5. The normalized spacial score (nSPS) is 10.8. The number of rotatable bonds is 3. The van der Waals surface area contributed by atoms with Gasteiger partial charge in [-0.15, -0.1) is 0 Å². The molecule has 106 valence electrons. The van der Waals surface area contributed by atoms with Gasteiger partial charge in [0.1, 0.15) is 11.5 Å². The number of para-hydroxylation sites is 1. The topological polar surface area (TPSA) is 42.4 Å². The second kappa shape index (κ2) is 5.84.